The molecule has 0 saturated heterocycles. The monoisotopic (exact) mass is 544 g/mol. The molecule has 3 rings (SSSR count). The highest BCUT2D eigenvalue weighted by molar-refractivity contribution is 6.74. The average Bonchev–Trinajstić information content (AvgIpc) is 3.17. The molecule has 0 unspecified atom stereocenters. The number of hydrogen-bond acceptors (Lipinski definition) is 4. The van der Waals surface area contributed by atoms with Gasteiger partial charge >= 0.3 is 5.97 Å². The normalized spacial score (nSPS) is 33.4. The summed E-state index contributed by atoms with van der Waals surface area (Å²) in [6.07, 6.45) is 14.5. The number of esters is 1. The molecule has 0 aromatic heterocycles. The number of carbonyl (C=O) groups excluding carboxylic acids is 1. The summed E-state index contributed by atoms with van der Waals surface area (Å²) >= 11 is 0. The molecule has 6 atom stereocenters. The summed E-state index contributed by atoms with van der Waals surface area (Å²) in [4.78, 5) is 11.8. The highest BCUT2D eigenvalue weighted by Crippen LogP contribution is 2.60. The van der Waals surface area contributed by atoms with Gasteiger partial charge in [0.25, 0.3) is 0 Å². The van der Waals surface area contributed by atoms with Crippen LogP contribution in [0, 0.1) is 23.2 Å². The molecule has 3 aliphatic rings. The number of aliphatic hydroxyl groups excluding tert-OH is 1. The Bertz CT molecular complexity index is 910. The molecule has 4 nitrogen and oxygen atoms in total. The second kappa shape index (κ2) is 12.6. The van der Waals surface area contributed by atoms with Crippen LogP contribution in [-0.4, -0.2) is 38.2 Å². The standard InChI is InChI=1S/C33H56O4Si/c1-10-36-31(35)15-11-13-23(2)28-18-19-29-25(14-12-20-33(28,29)7)16-17-26-21-27(22-30(34)24(26)3)37-38(8,9)32(4,5)6/h16-17,23,27-30,34H,3,10-15,18-22H2,1-2,4-9H3/b25-16+,26-17+/t23-,27-,28-,29+,30+,33-/m1/s1. The number of fused-ring (bicyclic) bond motifs is 1. The van der Waals surface area contributed by atoms with Crippen molar-refractivity contribution in [3.05, 3.63) is 35.5 Å². The summed E-state index contributed by atoms with van der Waals surface area (Å²) in [6, 6.07) is 0. The quantitative estimate of drug-likeness (QED) is 0.233. The van der Waals surface area contributed by atoms with Gasteiger partial charge in [-0.25, -0.2) is 0 Å². The van der Waals surface area contributed by atoms with E-state index in [0.717, 1.165) is 30.4 Å². The van der Waals surface area contributed by atoms with Gasteiger partial charge in [-0.2, -0.15) is 0 Å². The lowest BCUT2D eigenvalue weighted by Crippen LogP contribution is -2.46. The number of carbonyl (C=O) groups is 1. The Kier molecular flexibility index (Phi) is 10.4. The van der Waals surface area contributed by atoms with Crippen molar-refractivity contribution < 1.29 is 19.1 Å². The maximum Gasteiger partial charge on any atom is 0.305 e. The van der Waals surface area contributed by atoms with E-state index in [1.165, 1.54) is 32.1 Å². The molecule has 0 heterocycles. The SMILES string of the molecule is C=C1/C(=C/C=C2\CCC[C@]3(C)[C@@H]([C@H](C)CCCC(=O)OCC)CC[C@@H]23)C[C@@H](O[Si](C)(C)C(C)(C)C)C[C@@H]1O. The molecule has 0 radical (unpaired) electrons. The Morgan fingerprint density at radius 2 is 1.97 bits per heavy atom. The maximum absolute atomic E-state index is 11.8. The lowest BCUT2D eigenvalue weighted by molar-refractivity contribution is -0.143. The molecule has 0 spiro atoms. The van der Waals surface area contributed by atoms with Crippen LogP contribution in [0.25, 0.3) is 0 Å². The second-order valence-electron chi connectivity index (χ2n) is 14.2. The Labute approximate surface area is 234 Å². The number of allylic oxidation sites excluding steroid dienone is 3. The lowest BCUT2D eigenvalue weighted by Gasteiger charge is -2.44. The highest BCUT2D eigenvalue weighted by atomic mass is 28.4. The van der Waals surface area contributed by atoms with E-state index in [1.54, 1.807) is 5.57 Å². The molecule has 3 fully saturated rings. The summed E-state index contributed by atoms with van der Waals surface area (Å²) in [5, 5.41) is 11.0. The van der Waals surface area contributed by atoms with Gasteiger partial charge in [-0.15, -0.1) is 0 Å². The van der Waals surface area contributed by atoms with Gasteiger partial charge in [0.15, 0.2) is 8.32 Å². The third-order valence-electron chi connectivity index (χ3n) is 10.6. The molecular formula is C33H56O4Si. The molecule has 1 N–H and O–H groups in total. The van der Waals surface area contributed by atoms with Gasteiger partial charge in [0.2, 0.25) is 0 Å². The van der Waals surface area contributed by atoms with Crippen LogP contribution in [0.15, 0.2) is 35.5 Å². The number of rotatable bonds is 9. The lowest BCUT2D eigenvalue weighted by atomic mass is 9.60. The van der Waals surface area contributed by atoms with Crippen LogP contribution in [-0.2, 0) is 14.0 Å². The fourth-order valence-electron chi connectivity index (χ4n) is 7.35. The summed E-state index contributed by atoms with van der Waals surface area (Å²) in [5.41, 5.74) is 3.95. The summed E-state index contributed by atoms with van der Waals surface area (Å²) in [6.45, 7) is 23.0. The van der Waals surface area contributed by atoms with E-state index >= 15 is 0 Å². The zero-order chi connectivity index (χ0) is 28.3. The van der Waals surface area contributed by atoms with Crippen LogP contribution in [0.5, 0.6) is 0 Å². The topological polar surface area (TPSA) is 55.8 Å². The van der Waals surface area contributed by atoms with Crippen molar-refractivity contribution in [1.82, 2.24) is 0 Å². The third-order valence-corrected chi connectivity index (χ3v) is 15.1. The smallest absolute Gasteiger partial charge is 0.305 e. The molecule has 3 aliphatic carbocycles. The Hall–Kier alpha value is -1.17. The Morgan fingerprint density at radius 3 is 2.63 bits per heavy atom. The van der Waals surface area contributed by atoms with E-state index in [1.807, 2.05) is 6.92 Å². The molecular weight excluding hydrogens is 488 g/mol. The van der Waals surface area contributed by atoms with E-state index in [4.69, 9.17) is 9.16 Å². The molecule has 0 amide bonds. The van der Waals surface area contributed by atoms with Crippen molar-refractivity contribution in [1.29, 1.82) is 0 Å². The largest absolute Gasteiger partial charge is 0.466 e. The second-order valence-corrected chi connectivity index (χ2v) is 18.9. The van der Waals surface area contributed by atoms with Gasteiger partial charge in [-0.05, 0) is 111 Å². The zero-order valence-electron chi connectivity index (χ0n) is 25.7. The predicted octanol–water partition coefficient (Wildman–Crippen LogP) is 8.53. The van der Waals surface area contributed by atoms with Gasteiger partial charge in [-0.1, -0.05) is 58.9 Å². The van der Waals surface area contributed by atoms with Crippen LogP contribution in [0.3, 0.4) is 0 Å². The van der Waals surface area contributed by atoms with Crippen LogP contribution in [0.2, 0.25) is 18.1 Å². The first-order valence-electron chi connectivity index (χ1n) is 15.3. The van der Waals surface area contributed by atoms with Gasteiger partial charge in [-0.3, -0.25) is 4.79 Å². The van der Waals surface area contributed by atoms with Gasteiger partial charge in [0.05, 0.1) is 18.8 Å². The van der Waals surface area contributed by atoms with Crippen molar-refractivity contribution >= 4 is 14.3 Å². The fraction of sp³-hybridized carbons (Fsp3) is 0.788. The van der Waals surface area contributed by atoms with Crippen molar-refractivity contribution in [2.75, 3.05) is 6.61 Å². The minimum Gasteiger partial charge on any atom is -0.466 e. The van der Waals surface area contributed by atoms with Crippen molar-refractivity contribution in [2.24, 2.45) is 23.2 Å². The molecule has 0 aromatic carbocycles. The van der Waals surface area contributed by atoms with Gasteiger partial charge < -0.3 is 14.3 Å². The maximum atomic E-state index is 11.8. The number of ether oxygens (including phenoxy) is 1. The van der Waals surface area contributed by atoms with Crippen molar-refractivity contribution in [2.45, 2.75) is 136 Å². The zero-order valence-corrected chi connectivity index (χ0v) is 26.7. The first-order valence-corrected chi connectivity index (χ1v) is 18.2. The molecule has 5 heteroatoms. The summed E-state index contributed by atoms with van der Waals surface area (Å²) < 4.78 is 11.8. The molecule has 0 aliphatic heterocycles. The minimum absolute atomic E-state index is 0.0579. The molecule has 38 heavy (non-hydrogen) atoms. The minimum atomic E-state index is -1.90. The summed E-state index contributed by atoms with van der Waals surface area (Å²) in [5.74, 6) is 1.91. The van der Waals surface area contributed by atoms with E-state index < -0.39 is 14.4 Å². The van der Waals surface area contributed by atoms with Crippen LogP contribution in [0.1, 0.15) is 106 Å². The van der Waals surface area contributed by atoms with Gasteiger partial charge in [0.1, 0.15) is 0 Å². The van der Waals surface area contributed by atoms with E-state index in [2.05, 4.69) is 66.4 Å². The molecule has 0 bridgehead atoms. The van der Waals surface area contributed by atoms with Crippen LogP contribution >= 0.6 is 0 Å². The average molecular weight is 545 g/mol. The Balaban J connectivity index is 1.70. The van der Waals surface area contributed by atoms with Crippen LogP contribution in [0.4, 0.5) is 0 Å². The Morgan fingerprint density at radius 1 is 1.26 bits per heavy atom. The molecule has 0 aromatic rings. The van der Waals surface area contributed by atoms with E-state index in [-0.39, 0.29) is 17.1 Å². The van der Waals surface area contributed by atoms with Gasteiger partial charge in [0, 0.05) is 12.8 Å². The first-order chi connectivity index (χ1) is 17.7. The number of aliphatic hydroxyl groups is 1. The van der Waals surface area contributed by atoms with Crippen molar-refractivity contribution in [3.63, 3.8) is 0 Å². The van der Waals surface area contributed by atoms with E-state index in [9.17, 15) is 9.90 Å². The van der Waals surface area contributed by atoms with E-state index in [0.29, 0.717) is 42.6 Å². The number of hydrogen-bond donors (Lipinski definition) is 1. The third kappa shape index (κ3) is 7.12. The predicted molar refractivity (Wildman–Crippen MR) is 160 cm³/mol. The fourth-order valence-corrected chi connectivity index (χ4v) is 8.71. The summed E-state index contributed by atoms with van der Waals surface area (Å²) in [7, 11) is -1.90. The molecule has 216 valence electrons. The first kappa shape index (κ1) is 31.4. The molecule has 3 saturated carbocycles. The van der Waals surface area contributed by atoms with Crippen LogP contribution < -0.4 is 0 Å². The van der Waals surface area contributed by atoms with Crippen molar-refractivity contribution in [3.8, 4) is 0 Å². The highest BCUT2D eigenvalue weighted by Gasteiger charge is 2.50.